The minimum Gasteiger partial charge on any atom is -0.343 e. The van der Waals surface area contributed by atoms with Crippen molar-refractivity contribution >= 4 is 5.91 Å². The summed E-state index contributed by atoms with van der Waals surface area (Å²) in [5, 5.41) is 0. The molecule has 140 valence electrons. The van der Waals surface area contributed by atoms with Crippen molar-refractivity contribution in [2.45, 2.75) is 110 Å². The molecule has 0 saturated carbocycles. The van der Waals surface area contributed by atoms with Gasteiger partial charge in [0.15, 0.2) is 0 Å². The van der Waals surface area contributed by atoms with Crippen LogP contribution in [0.15, 0.2) is 12.2 Å². The summed E-state index contributed by atoms with van der Waals surface area (Å²) >= 11 is 0. The molecule has 0 atom stereocenters. The van der Waals surface area contributed by atoms with Gasteiger partial charge in [-0.15, -0.1) is 0 Å². The van der Waals surface area contributed by atoms with Crippen LogP contribution in [0, 0.1) is 0 Å². The van der Waals surface area contributed by atoms with Crippen LogP contribution in [-0.2, 0) is 4.79 Å². The van der Waals surface area contributed by atoms with Crippen LogP contribution < -0.4 is 0 Å². The number of allylic oxidation sites excluding steroid dienone is 2. The third-order valence-corrected chi connectivity index (χ3v) is 5.11. The van der Waals surface area contributed by atoms with Crippen molar-refractivity contribution in [3.63, 3.8) is 0 Å². The molecule has 0 aromatic carbocycles. The van der Waals surface area contributed by atoms with Gasteiger partial charge in [0, 0.05) is 19.5 Å². The average molecular weight is 336 g/mol. The second-order valence-corrected chi connectivity index (χ2v) is 7.42. The smallest absolute Gasteiger partial charge is 0.222 e. The quantitative estimate of drug-likeness (QED) is 0.242. The third kappa shape index (κ3) is 11.7. The van der Waals surface area contributed by atoms with Crippen molar-refractivity contribution < 1.29 is 4.79 Å². The molecule has 24 heavy (non-hydrogen) atoms. The topological polar surface area (TPSA) is 20.3 Å². The number of unbranched alkanes of at least 4 members (excludes halogenated alkanes) is 11. The molecule has 0 aliphatic carbocycles. The Hall–Kier alpha value is -0.790. The van der Waals surface area contributed by atoms with Crippen LogP contribution in [0.2, 0.25) is 0 Å². The SMILES string of the molecule is CCCCCCCCCCC=CCCCCCC(=O)N1CCCC1. The first-order valence-corrected chi connectivity index (χ1v) is 10.8. The second kappa shape index (κ2) is 15.7. The van der Waals surface area contributed by atoms with Crippen molar-refractivity contribution in [2.75, 3.05) is 13.1 Å². The van der Waals surface area contributed by atoms with Crippen LogP contribution in [0.1, 0.15) is 110 Å². The van der Waals surface area contributed by atoms with Crippen LogP contribution in [0.5, 0.6) is 0 Å². The first kappa shape index (κ1) is 21.3. The van der Waals surface area contributed by atoms with Gasteiger partial charge in [0.2, 0.25) is 5.91 Å². The number of rotatable bonds is 15. The Balaban J connectivity index is 1.77. The first-order valence-electron chi connectivity index (χ1n) is 10.8. The van der Waals surface area contributed by atoms with Gasteiger partial charge in [-0.1, -0.05) is 70.4 Å². The Kier molecular flexibility index (Phi) is 13.9. The molecular formula is C22H41NO. The zero-order chi connectivity index (χ0) is 17.3. The summed E-state index contributed by atoms with van der Waals surface area (Å²) in [7, 11) is 0. The van der Waals surface area contributed by atoms with Crippen molar-refractivity contribution in [1.82, 2.24) is 4.90 Å². The second-order valence-electron chi connectivity index (χ2n) is 7.42. The van der Waals surface area contributed by atoms with E-state index in [4.69, 9.17) is 0 Å². The Morgan fingerprint density at radius 2 is 1.25 bits per heavy atom. The predicted molar refractivity (Wildman–Crippen MR) is 105 cm³/mol. The lowest BCUT2D eigenvalue weighted by Gasteiger charge is -2.14. The highest BCUT2D eigenvalue weighted by Gasteiger charge is 2.16. The Labute approximate surface area is 151 Å². The summed E-state index contributed by atoms with van der Waals surface area (Å²) in [6.45, 7) is 4.28. The molecule has 1 amide bonds. The Morgan fingerprint density at radius 3 is 1.83 bits per heavy atom. The number of nitrogens with zero attached hydrogens (tertiary/aromatic N) is 1. The van der Waals surface area contributed by atoms with Gasteiger partial charge < -0.3 is 4.90 Å². The van der Waals surface area contributed by atoms with Crippen molar-refractivity contribution in [2.24, 2.45) is 0 Å². The third-order valence-electron chi connectivity index (χ3n) is 5.11. The molecule has 1 aliphatic rings. The highest BCUT2D eigenvalue weighted by molar-refractivity contribution is 5.76. The lowest BCUT2D eigenvalue weighted by Crippen LogP contribution is -2.27. The van der Waals surface area contributed by atoms with E-state index in [1.165, 1.54) is 89.9 Å². The van der Waals surface area contributed by atoms with E-state index in [0.29, 0.717) is 5.91 Å². The van der Waals surface area contributed by atoms with Gasteiger partial charge >= 0.3 is 0 Å². The summed E-state index contributed by atoms with van der Waals surface area (Å²) in [5.74, 6) is 0.387. The van der Waals surface area contributed by atoms with E-state index in [0.717, 1.165) is 25.9 Å². The predicted octanol–water partition coefficient (Wildman–Crippen LogP) is 6.65. The summed E-state index contributed by atoms with van der Waals surface area (Å²) in [5.41, 5.74) is 0. The molecule has 2 heteroatoms. The molecule has 0 aromatic heterocycles. The van der Waals surface area contributed by atoms with Crippen LogP contribution in [0.4, 0.5) is 0 Å². The zero-order valence-corrected chi connectivity index (χ0v) is 16.2. The molecule has 0 bridgehead atoms. The fourth-order valence-electron chi connectivity index (χ4n) is 3.47. The number of carbonyl (C=O) groups excluding carboxylic acids is 1. The highest BCUT2D eigenvalue weighted by atomic mass is 16.2. The molecule has 1 aliphatic heterocycles. The van der Waals surface area contributed by atoms with E-state index in [-0.39, 0.29) is 0 Å². The van der Waals surface area contributed by atoms with Crippen molar-refractivity contribution in [3.05, 3.63) is 12.2 Å². The maximum Gasteiger partial charge on any atom is 0.222 e. The van der Waals surface area contributed by atoms with Crippen LogP contribution in [-0.4, -0.2) is 23.9 Å². The number of hydrogen-bond acceptors (Lipinski definition) is 1. The fourth-order valence-corrected chi connectivity index (χ4v) is 3.47. The van der Waals surface area contributed by atoms with Crippen molar-refractivity contribution in [1.29, 1.82) is 0 Å². The van der Waals surface area contributed by atoms with Gasteiger partial charge in [-0.3, -0.25) is 4.79 Å². The van der Waals surface area contributed by atoms with E-state index < -0.39 is 0 Å². The minimum absolute atomic E-state index is 0.387. The molecule has 0 radical (unpaired) electrons. The standard InChI is InChI=1S/C22H41NO/c1-2-3-4-5-6-7-8-9-10-11-12-13-14-15-16-19-22(24)23-20-17-18-21-23/h11-12H,2-10,13-21H2,1H3. The maximum atomic E-state index is 11.9. The van der Waals surface area contributed by atoms with Crippen LogP contribution in [0.25, 0.3) is 0 Å². The van der Waals surface area contributed by atoms with E-state index >= 15 is 0 Å². The molecule has 1 heterocycles. The molecule has 0 spiro atoms. The number of hydrogen-bond donors (Lipinski definition) is 0. The Bertz CT molecular complexity index is 318. The molecule has 0 unspecified atom stereocenters. The number of amides is 1. The zero-order valence-electron chi connectivity index (χ0n) is 16.2. The van der Waals surface area contributed by atoms with Crippen LogP contribution >= 0.6 is 0 Å². The summed E-state index contributed by atoms with van der Waals surface area (Å²) in [4.78, 5) is 13.9. The maximum absolute atomic E-state index is 11.9. The molecular weight excluding hydrogens is 294 g/mol. The monoisotopic (exact) mass is 335 g/mol. The largest absolute Gasteiger partial charge is 0.343 e. The summed E-state index contributed by atoms with van der Waals surface area (Å²) in [6, 6.07) is 0. The molecule has 1 saturated heterocycles. The molecule has 0 aromatic rings. The van der Waals surface area contributed by atoms with Gasteiger partial charge in [-0.25, -0.2) is 0 Å². The van der Waals surface area contributed by atoms with Gasteiger partial charge in [-0.05, 0) is 44.9 Å². The number of likely N-dealkylation sites (tertiary alicyclic amines) is 1. The van der Waals surface area contributed by atoms with Gasteiger partial charge in [0.25, 0.3) is 0 Å². The van der Waals surface area contributed by atoms with E-state index in [1.807, 2.05) is 4.90 Å². The van der Waals surface area contributed by atoms with E-state index in [1.54, 1.807) is 0 Å². The van der Waals surface area contributed by atoms with Crippen molar-refractivity contribution in [3.8, 4) is 0 Å². The normalized spacial score (nSPS) is 14.8. The van der Waals surface area contributed by atoms with E-state index in [2.05, 4.69) is 19.1 Å². The minimum atomic E-state index is 0.387. The lowest BCUT2D eigenvalue weighted by atomic mass is 10.1. The van der Waals surface area contributed by atoms with Gasteiger partial charge in [-0.2, -0.15) is 0 Å². The van der Waals surface area contributed by atoms with E-state index in [9.17, 15) is 4.79 Å². The van der Waals surface area contributed by atoms with Gasteiger partial charge in [0.1, 0.15) is 0 Å². The Morgan fingerprint density at radius 1 is 0.750 bits per heavy atom. The first-order chi connectivity index (χ1) is 11.8. The summed E-state index contributed by atoms with van der Waals surface area (Å²) < 4.78 is 0. The fraction of sp³-hybridized carbons (Fsp3) is 0.864. The lowest BCUT2D eigenvalue weighted by molar-refractivity contribution is -0.130. The number of carbonyl (C=O) groups is 1. The molecule has 0 N–H and O–H groups in total. The summed E-state index contributed by atoms with van der Waals surface area (Å²) in [6.07, 6.45) is 25.1. The molecule has 2 nitrogen and oxygen atoms in total. The molecule has 1 fully saturated rings. The average Bonchev–Trinajstić information content (AvgIpc) is 3.13. The molecule has 1 rings (SSSR count). The van der Waals surface area contributed by atoms with Crippen LogP contribution in [0.3, 0.4) is 0 Å². The highest BCUT2D eigenvalue weighted by Crippen LogP contribution is 2.12. The van der Waals surface area contributed by atoms with Gasteiger partial charge in [0.05, 0.1) is 0 Å².